The highest BCUT2D eigenvalue weighted by atomic mass is 16.5. The fourth-order valence-corrected chi connectivity index (χ4v) is 1.51. The lowest BCUT2D eigenvalue weighted by Gasteiger charge is -2.09. The van der Waals surface area contributed by atoms with E-state index >= 15 is 0 Å². The van der Waals surface area contributed by atoms with Gasteiger partial charge in [-0.3, -0.25) is 0 Å². The summed E-state index contributed by atoms with van der Waals surface area (Å²) in [6, 6.07) is 1.89. The van der Waals surface area contributed by atoms with E-state index < -0.39 is 0 Å². The van der Waals surface area contributed by atoms with E-state index in [4.69, 9.17) is 17.3 Å². The molecule has 96 valence electrons. The van der Waals surface area contributed by atoms with E-state index in [1.54, 1.807) is 19.3 Å². The molecule has 0 amide bonds. The lowest BCUT2D eigenvalue weighted by Crippen LogP contribution is -2.14. The van der Waals surface area contributed by atoms with Gasteiger partial charge in [0, 0.05) is 13.2 Å². The summed E-state index contributed by atoms with van der Waals surface area (Å²) in [7, 11) is 10.5. The predicted molar refractivity (Wildman–Crippen MR) is 71.1 cm³/mol. The molecule has 19 heavy (non-hydrogen) atoms. The van der Waals surface area contributed by atoms with E-state index in [1.807, 2.05) is 0 Å². The third-order valence-corrected chi connectivity index (χ3v) is 2.44. The fraction of sp³-hybridized carbons (Fsp3) is 0.273. The van der Waals surface area contributed by atoms with Gasteiger partial charge >= 0.3 is 6.01 Å². The van der Waals surface area contributed by atoms with E-state index in [2.05, 4.69) is 25.5 Å². The Bertz CT molecular complexity index is 593. The molecule has 0 spiro atoms. The minimum absolute atomic E-state index is 0.216. The van der Waals surface area contributed by atoms with Gasteiger partial charge in [-0.2, -0.15) is 4.98 Å². The first kappa shape index (κ1) is 13.1. The molecule has 2 aromatic heterocycles. The van der Waals surface area contributed by atoms with E-state index in [0.29, 0.717) is 28.4 Å². The fourth-order valence-electron chi connectivity index (χ4n) is 1.51. The molecular weight excluding hydrogens is 245 g/mol. The third-order valence-electron chi connectivity index (χ3n) is 2.44. The molecule has 2 heterocycles. The van der Waals surface area contributed by atoms with Crippen LogP contribution in [0.15, 0.2) is 12.3 Å². The van der Waals surface area contributed by atoms with Crippen LogP contribution in [-0.4, -0.2) is 49.3 Å². The number of nitrogens with zero attached hydrogens (tertiary/aromatic N) is 4. The molecule has 0 aliphatic rings. The molecule has 7 nitrogen and oxygen atoms in total. The van der Waals surface area contributed by atoms with Crippen LogP contribution in [0.4, 0.5) is 5.82 Å². The van der Waals surface area contributed by atoms with E-state index in [-0.39, 0.29) is 6.01 Å². The molecule has 0 unspecified atom stereocenters. The van der Waals surface area contributed by atoms with Gasteiger partial charge in [-0.05, 0) is 6.07 Å². The van der Waals surface area contributed by atoms with Crippen LogP contribution >= 0.6 is 0 Å². The van der Waals surface area contributed by atoms with Gasteiger partial charge in [0.1, 0.15) is 13.7 Å². The van der Waals surface area contributed by atoms with Crippen molar-refractivity contribution in [1.29, 1.82) is 0 Å². The zero-order valence-electron chi connectivity index (χ0n) is 10.8. The zero-order valence-corrected chi connectivity index (χ0v) is 10.8. The largest absolute Gasteiger partial charge is 0.480 e. The summed E-state index contributed by atoms with van der Waals surface area (Å²) in [5, 5.41) is 10.9. The van der Waals surface area contributed by atoms with Crippen LogP contribution in [0.5, 0.6) is 11.9 Å². The quantitative estimate of drug-likeness (QED) is 0.758. The Morgan fingerprint density at radius 1 is 1.21 bits per heavy atom. The van der Waals surface area contributed by atoms with Gasteiger partial charge in [0.2, 0.25) is 5.88 Å². The predicted octanol–water partition coefficient (Wildman–Crippen LogP) is -0.214. The van der Waals surface area contributed by atoms with Crippen molar-refractivity contribution >= 4 is 19.1 Å². The molecule has 2 radical (unpaired) electrons. The molecule has 0 bridgehead atoms. The van der Waals surface area contributed by atoms with Crippen molar-refractivity contribution in [2.45, 2.75) is 0 Å². The maximum Gasteiger partial charge on any atom is 0.319 e. The highest BCUT2D eigenvalue weighted by Crippen LogP contribution is 2.26. The summed E-state index contributed by atoms with van der Waals surface area (Å²) >= 11 is 0. The van der Waals surface area contributed by atoms with Crippen molar-refractivity contribution in [2.75, 3.05) is 26.6 Å². The summed E-state index contributed by atoms with van der Waals surface area (Å²) in [6.07, 6.45) is 1.55. The average Bonchev–Trinajstić information content (AvgIpc) is 2.46. The maximum absolute atomic E-state index is 5.85. The molecule has 0 atom stereocenters. The number of hydrogen-bond donors (Lipinski definition) is 1. The first-order chi connectivity index (χ1) is 9.19. The number of ether oxygens (including phenoxy) is 2. The second-order valence-corrected chi connectivity index (χ2v) is 3.56. The van der Waals surface area contributed by atoms with Gasteiger partial charge < -0.3 is 14.8 Å². The first-order valence-electron chi connectivity index (χ1n) is 5.46. The number of anilines is 1. The van der Waals surface area contributed by atoms with Crippen LogP contribution in [0.2, 0.25) is 0 Å². The van der Waals surface area contributed by atoms with Crippen LogP contribution in [0, 0.1) is 0 Å². The molecule has 0 saturated heterocycles. The van der Waals surface area contributed by atoms with Crippen molar-refractivity contribution in [1.82, 2.24) is 20.2 Å². The SMILES string of the molecule is [B]c1cc(-c2cnc(OC)nc2OC)nnc1NC. The Labute approximate surface area is 111 Å². The highest BCUT2D eigenvalue weighted by Gasteiger charge is 2.13. The number of methoxy groups -OCH3 is 2. The second kappa shape index (κ2) is 5.51. The van der Waals surface area contributed by atoms with Crippen LogP contribution < -0.4 is 20.3 Å². The van der Waals surface area contributed by atoms with Crippen molar-refractivity contribution in [3.05, 3.63) is 12.3 Å². The summed E-state index contributed by atoms with van der Waals surface area (Å²) in [5.74, 6) is 0.856. The van der Waals surface area contributed by atoms with Gasteiger partial charge in [-0.25, -0.2) is 4.98 Å². The Balaban J connectivity index is 2.49. The average molecular weight is 257 g/mol. The van der Waals surface area contributed by atoms with Gasteiger partial charge in [-0.15, -0.1) is 10.2 Å². The third kappa shape index (κ3) is 2.57. The van der Waals surface area contributed by atoms with Crippen LogP contribution in [-0.2, 0) is 0 Å². The minimum atomic E-state index is 0.216. The van der Waals surface area contributed by atoms with Gasteiger partial charge in [0.15, 0.2) is 0 Å². The van der Waals surface area contributed by atoms with Gasteiger partial charge in [-0.1, -0.05) is 5.46 Å². The lowest BCUT2D eigenvalue weighted by molar-refractivity contribution is 0.353. The molecule has 8 heteroatoms. The molecule has 2 rings (SSSR count). The summed E-state index contributed by atoms with van der Waals surface area (Å²) < 4.78 is 10.1. The summed E-state index contributed by atoms with van der Waals surface area (Å²) in [6.45, 7) is 0. The molecule has 1 N–H and O–H groups in total. The van der Waals surface area contributed by atoms with E-state index in [1.165, 1.54) is 14.2 Å². The highest BCUT2D eigenvalue weighted by molar-refractivity contribution is 6.35. The number of nitrogens with one attached hydrogen (secondary N) is 1. The van der Waals surface area contributed by atoms with Gasteiger partial charge in [0.05, 0.1) is 25.5 Å². The van der Waals surface area contributed by atoms with Crippen molar-refractivity contribution in [3.8, 4) is 23.1 Å². The smallest absolute Gasteiger partial charge is 0.319 e. The first-order valence-corrected chi connectivity index (χ1v) is 5.46. The molecule has 0 aliphatic carbocycles. The standard InChI is InChI=1S/C11H12BN5O2/c1-13-9-7(12)4-8(16-17-9)6-5-14-11(19-3)15-10(6)18-2/h4-5H,1-3H3,(H,13,17). The summed E-state index contributed by atoms with van der Waals surface area (Å²) in [4.78, 5) is 8.10. The monoisotopic (exact) mass is 257 g/mol. The number of hydrogen-bond acceptors (Lipinski definition) is 7. The molecule has 0 aliphatic heterocycles. The zero-order chi connectivity index (χ0) is 13.8. The van der Waals surface area contributed by atoms with E-state index in [0.717, 1.165) is 0 Å². The second-order valence-electron chi connectivity index (χ2n) is 3.56. The molecule has 0 saturated carbocycles. The number of rotatable bonds is 4. The molecule has 0 aromatic carbocycles. The lowest BCUT2D eigenvalue weighted by atomic mass is 9.96. The Hall–Kier alpha value is -2.38. The van der Waals surface area contributed by atoms with Crippen LogP contribution in [0.1, 0.15) is 0 Å². The van der Waals surface area contributed by atoms with Crippen molar-refractivity contribution in [2.24, 2.45) is 0 Å². The maximum atomic E-state index is 5.85. The van der Waals surface area contributed by atoms with Crippen molar-refractivity contribution < 1.29 is 9.47 Å². The Morgan fingerprint density at radius 3 is 2.58 bits per heavy atom. The van der Waals surface area contributed by atoms with Crippen LogP contribution in [0.3, 0.4) is 0 Å². The van der Waals surface area contributed by atoms with E-state index in [9.17, 15) is 0 Å². The normalized spacial score (nSPS) is 10.1. The minimum Gasteiger partial charge on any atom is -0.480 e. The summed E-state index contributed by atoms with van der Waals surface area (Å²) in [5.41, 5.74) is 1.59. The van der Waals surface area contributed by atoms with Crippen LogP contribution in [0.25, 0.3) is 11.3 Å². The van der Waals surface area contributed by atoms with Gasteiger partial charge in [0.25, 0.3) is 0 Å². The molecular formula is C11H12BN5O2. The van der Waals surface area contributed by atoms with Crippen molar-refractivity contribution in [3.63, 3.8) is 0 Å². The Morgan fingerprint density at radius 2 is 2.00 bits per heavy atom. The molecule has 2 aromatic rings. The Kier molecular flexibility index (Phi) is 3.79. The topological polar surface area (TPSA) is 82.1 Å². The molecule has 0 fully saturated rings. The number of aromatic nitrogens is 4.